The highest BCUT2D eigenvalue weighted by molar-refractivity contribution is 7.92. The lowest BCUT2D eigenvalue weighted by Crippen LogP contribution is -2.51. The summed E-state index contributed by atoms with van der Waals surface area (Å²) in [7, 11) is -2.65. The Morgan fingerprint density at radius 1 is 0.946 bits per heavy atom. The predicted octanol–water partition coefficient (Wildman–Crippen LogP) is 4.71. The molecule has 1 atom stereocenters. The second-order valence-electron chi connectivity index (χ2n) is 8.76. The van der Waals surface area contributed by atoms with E-state index in [0.29, 0.717) is 6.42 Å². The molecule has 7 nitrogen and oxygen atoms in total. The molecule has 9 heteroatoms. The van der Waals surface area contributed by atoms with Gasteiger partial charge in [-0.25, -0.2) is 8.42 Å². The smallest absolute Gasteiger partial charge is 0.264 e. The number of nitrogens with one attached hydrogen (secondary N) is 1. The second kappa shape index (κ2) is 12.3. The number of likely N-dealkylation sites (N-methyl/N-ethyl adjacent to an activating group) is 1. The topological polar surface area (TPSA) is 86.8 Å². The van der Waals surface area contributed by atoms with E-state index < -0.39 is 28.5 Å². The van der Waals surface area contributed by atoms with Crippen LogP contribution >= 0.6 is 11.6 Å². The lowest BCUT2D eigenvalue weighted by molar-refractivity contribution is -0.140. The SMILES string of the molecule is CC[C@@H](C(=O)NC)N(Cc1ccccc1C)C(=O)CN(c1ccccc1Cl)S(=O)(=O)c1ccc(C)cc1. The average molecular weight is 542 g/mol. The molecule has 0 spiro atoms. The molecule has 3 aromatic rings. The number of rotatable bonds is 10. The molecule has 0 heterocycles. The maximum atomic E-state index is 13.9. The Hall–Kier alpha value is -3.36. The van der Waals surface area contributed by atoms with E-state index >= 15 is 0 Å². The van der Waals surface area contributed by atoms with Crippen molar-refractivity contribution in [3.8, 4) is 0 Å². The first-order valence-corrected chi connectivity index (χ1v) is 13.8. The van der Waals surface area contributed by atoms with E-state index in [1.54, 1.807) is 36.4 Å². The summed E-state index contributed by atoms with van der Waals surface area (Å²) in [5.74, 6) is -0.843. The Morgan fingerprint density at radius 3 is 2.16 bits per heavy atom. The van der Waals surface area contributed by atoms with Crippen LogP contribution in [0, 0.1) is 13.8 Å². The van der Waals surface area contributed by atoms with E-state index in [1.165, 1.54) is 24.1 Å². The molecule has 0 radical (unpaired) electrons. The van der Waals surface area contributed by atoms with Crippen LogP contribution in [0.4, 0.5) is 5.69 Å². The maximum absolute atomic E-state index is 13.9. The molecule has 3 rings (SSSR count). The maximum Gasteiger partial charge on any atom is 0.264 e. The van der Waals surface area contributed by atoms with Crippen LogP contribution in [0.25, 0.3) is 0 Å². The third kappa shape index (κ3) is 6.50. The van der Waals surface area contributed by atoms with Crippen LogP contribution < -0.4 is 9.62 Å². The molecule has 0 aliphatic heterocycles. The number of aryl methyl sites for hydroxylation is 2. The summed E-state index contributed by atoms with van der Waals surface area (Å²) in [5.41, 5.74) is 2.91. The zero-order chi connectivity index (χ0) is 27.2. The van der Waals surface area contributed by atoms with Crippen molar-refractivity contribution in [1.82, 2.24) is 10.2 Å². The molecule has 0 aliphatic carbocycles. The number of anilines is 1. The predicted molar refractivity (Wildman–Crippen MR) is 147 cm³/mol. The van der Waals surface area contributed by atoms with Crippen molar-refractivity contribution in [3.05, 3.63) is 94.5 Å². The first-order valence-electron chi connectivity index (χ1n) is 12.0. The minimum Gasteiger partial charge on any atom is -0.357 e. The monoisotopic (exact) mass is 541 g/mol. The molecule has 0 saturated heterocycles. The molecule has 2 amide bonds. The zero-order valence-corrected chi connectivity index (χ0v) is 23.0. The van der Waals surface area contributed by atoms with Crippen molar-refractivity contribution in [3.63, 3.8) is 0 Å². The second-order valence-corrected chi connectivity index (χ2v) is 11.0. The summed E-state index contributed by atoms with van der Waals surface area (Å²) in [4.78, 5) is 28.1. The molecular formula is C28H32ClN3O4S. The van der Waals surface area contributed by atoms with E-state index in [1.807, 2.05) is 45.0 Å². The molecule has 0 unspecified atom stereocenters. The molecule has 0 fully saturated rings. The van der Waals surface area contributed by atoms with Gasteiger partial charge in [-0.2, -0.15) is 0 Å². The van der Waals surface area contributed by atoms with Crippen LogP contribution in [0.1, 0.15) is 30.0 Å². The standard InChI is InChI=1S/C28H32ClN3O4S/c1-5-25(28(34)30-4)31(18-22-11-7-6-10-21(22)3)27(33)19-32(26-13-9-8-12-24(26)29)37(35,36)23-16-14-20(2)15-17-23/h6-17,25H,5,18-19H2,1-4H3,(H,30,34)/t25-/m0/s1. The number of carbonyl (C=O) groups excluding carboxylic acids is 2. The van der Waals surface area contributed by atoms with Gasteiger partial charge < -0.3 is 10.2 Å². The number of amides is 2. The third-order valence-electron chi connectivity index (χ3n) is 6.24. The Bertz CT molecular complexity index is 1360. The summed E-state index contributed by atoms with van der Waals surface area (Å²) in [6, 6.07) is 19.7. The van der Waals surface area contributed by atoms with Gasteiger partial charge >= 0.3 is 0 Å². The Balaban J connectivity index is 2.08. The molecule has 3 aromatic carbocycles. The van der Waals surface area contributed by atoms with E-state index in [0.717, 1.165) is 21.0 Å². The van der Waals surface area contributed by atoms with Crippen molar-refractivity contribution in [2.24, 2.45) is 0 Å². The van der Waals surface area contributed by atoms with Gasteiger partial charge in [-0.05, 0) is 55.7 Å². The van der Waals surface area contributed by atoms with Gasteiger partial charge in [0.15, 0.2) is 0 Å². The number of benzene rings is 3. The van der Waals surface area contributed by atoms with Crippen LogP contribution in [0.5, 0.6) is 0 Å². The van der Waals surface area contributed by atoms with Crippen LogP contribution in [-0.4, -0.2) is 44.8 Å². The fourth-order valence-corrected chi connectivity index (χ4v) is 5.78. The van der Waals surface area contributed by atoms with Crippen molar-refractivity contribution < 1.29 is 18.0 Å². The molecule has 1 N–H and O–H groups in total. The average Bonchev–Trinajstić information content (AvgIpc) is 2.88. The normalized spacial score (nSPS) is 12.0. The highest BCUT2D eigenvalue weighted by Gasteiger charge is 2.34. The minimum atomic E-state index is -4.16. The summed E-state index contributed by atoms with van der Waals surface area (Å²) < 4.78 is 28.6. The van der Waals surface area contributed by atoms with Crippen LogP contribution in [0.15, 0.2) is 77.7 Å². The summed E-state index contributed by atoms with van der Waals surface area (Å²) in [6.45, 7) is 5.22. The van der Waals surface area contributed by atoms with Gasteiger partial charge in [-0.15, -0.1) is 0 Å². The lowest BCUT2D eigenvalue weighted by Gasteiger charge is -2.33. The Morgan fingerprint density at radius 2 is 1.57 bits per heavy atom. The van der Waals surface area contributed by atoms with Crippen LogP contribution in [0.3, 0.4) is 0 Å². The quantitative estimate of drug-likeness (QED) is 0.403. The zero-order valence-electron chi connectivity index (χ0n) is 21.4. The number of hydrogen-bond donors (Lipinski definition) is 1. The third-order valence-corrected chi connectivity index (χ3v) is 8.34. The number of sulfonamides is 1. The summed E-state index contributed by atoms with van der Waals surface area (Å²) in [5, 5.41) is 2.81. The van der Waals surface area contributed by atoms with Crippen molar-refractivity contribution in [2.75, 3.05) is 17.9 Å². The number of hydrogen-bond acceptors (Lipinski definition) is 4. The molecule has 0 saturated carbocycles. The van der Waals surface area contributed by atoms with Gasteiger partial charge in [-0.3, -0.25) is 13.9 Å². The Labute approximate surface area is 224 Å². The highest BCUT2D eigenvalue weighted by atomic mass is 35.5. The number of halogens is 1. The van der Waals surface area contributed by atoms with Gasteiger partial charge in [0, 0.05) is 13.6 Å². The first kappa shape index (κ1) is 28.2. The molecule has 0 bridgehead atoms. The van der Waals surface area contributed by atoms with Gasteiger partial charge in [0.25, 0.3) is 10.0 Å². The van der Waals surface area contributed by atoms with Gasteiger partial charge in [0.1, 0.15) is 12.6 Å². The fourth-order valence-electron chi connectivity index (χ4n) is 4.06. The van der Waals surface area contributed by atoms with Crippen LogP contribution in [0.2, 0.25) is 5.02 Å². The molecule has 37 heavy (non-hydrogen) atoms. The number of para-hydroxylation sites is 1. The molecular weight excluding hydrogens is 510 g/mol. The van der Waals surface area contributed by atoms with E-state index in [2.05, 4.69) is 5.32 Å². The largest absolute Gasteiger partial charge is 0.357 e. The lowest BCUT2D eigenvalue weighted by atomic mass is 10.1. The molecule has 0 aliphatic rings. The number of nitrogens with zero attached hydrogens (tertiary/aromatic N) is 2. The van der Waals surface area contributed by atoms with Crippen LogP contribution in [-0.2, 0) is 26.2 Å². The fraction of sp³-hybridized carbons (Fsp3) is 0.286. The Kier molecular flexibility index (Phi) is 9.34. The van der Waals surface area contributed by atoms with Crippen molar-refractivity contribution in [2.45, 2.75) is 44.7 Å². The first-order chi connectivity index (χ1) is 17.6. The summed E-state index contributed by atoms with van der Waals surface area (Å²) >= 11 is 6.42. The minimum absolute atomic E-state index is 0.0367. The van der Waals surface area contributed by atoms with Gasteiger partial charge in [-0.1, -0.05) is 72.6 Å². The van der Waals surface area contributed by atoms with Gasteiger partial charge in [0.05, 0.1) is 15.6 Å². The van der Waals surface area contributed by atoms with E-state index in [9.17, 15) is 18.0 Å². The summed E-state index contributed by atoms with van der Waals surface area (Å²) in [6.07, 6.45) is 0.355. The van der Waals surface area contributed by atoms with E-state index in [4.69, 9.17) is 11.6 Å². The van der Waals surface area contributed by atoms with Crippen molar-refractivity contribution >= 4 is 39.1 Å². The molecule has 196 valence electrons. The number of carbonyl (C=O) groups is 2. The van der Waals surface area contributed by atoms with E-state index in [-0.39, 0.29) is 28.1 Å². The molecule has 0 aromatic heterocycles. The van der Waals surface area contributed by atoms with Gasteiger partial charge in [0.2, 0.25) is 11.8 Å². The highest BCUT2D eigenvalue weighted by Crippen LogP contribution is 2.31. The van der Waals surface area contributed by atoms with Crippen molar-refractivity contribution in [1.29, 1.82) is 0 Å².